The Morgan fingerprint density at radius 1 is 1.19 bits per heavy atom. The maximum atomic E-state index is 13.4. The van der Waals surface area contributed by atoms with E-state index in [2.05, 4.69) is 37.4 Å². The van der Waals surface area contributed by atoms with Crippen LogP contribution in [0.3, 0.4) is 0 Å². The number of rotatable bonds is 2. The largest absolute Gasteiger partial charge is 0.444 e. The van der Waals surface area contributed by atoms with Gasteiger partial charge in [0.1, 0.15) is 11.3 Å². The van der Waals surface area contributed by atoms with E-state index >= 15 is 0 Å². The van der Waals surface area contributed by atoms with Gasteiger partial charge in [-0.25, -0.2) is 9.78 Å². The van der Waals surface area contributed by atoms with Crippen LogP contribution in [0.5, 0.6) is 0 Å². The van der Waals surface area contributed by atoms with E-state index in [9.17, 15) is 4.79 Å². The first kappa shape index (κ1) is 26.5. The van der Waals surface area contributed by atoms with Crippen molar-refractivity contribution in [3.63, 3.8) is 0 Å². The van der Waals surface area contributed by atoms with Crippen LogP contribution in [0.2, 0.25) is 0 Å². The van der Waals surface area contributed by atoms with Gasteiger partial charge in [-0.05, 0) is 90.8 Å². The van der Waals surface area contributed by atoms with Gasteiger partial charge in [-0.2, -0.15) is 0 Å². The minimum atomic E-state index is -0.582. The summed E-state index contributed by atoms with van der Waals surface area (Å²) in [6.45, 7) is 11.7. The number of likely N-dealkylation sites (tertiary alicyclic amines) is 1. The number of halogens is 1. The molecule has 172 valence electrons. The molecule has 0 radical (unpaired) electrons. The molecule has 1 saturated heterocycles. The molecule has 0 spiro atoms. The summed E-state index contributed by atoms with van der Waals surface area (Å²) in [6, 6.07) is 9.44. The number of carbonyl (C=O) groups is 1. The molecule has 0 bridgehead atoms. The average Bonchev–Trinajstić information content (AvgIpc) is 2.78. The second-order valence-corrected chi connectivity index (χ2v) is 9.99. The Morgan fingerprint density at radius 2 is 1.91 bits per heavy atom. The number of hydrogen-bond donors (Lipinski definition) is 0. The molecule has 0 N–H and O–H groups in total. The van der Waals surface area contributed by atoms with E-state index in [1.54, 1.807) is 6.20 Å². The number of carbonyl (C=O) groups excluding carboxylic acids is 1. The van der Waals surface area contributed by atoms with E-state index in [-0.39, 0.29) is 18.2 Å². The van der Waals surface area contributed by atoms with Gasteiger partial charge in [0.25, 0.3) is 0 Å². The third kappa shape index (κ3) is 7.11. The molecule has 0 aromatic carbocycles. The summed E-state index contributed by atoms with van der Waals surface area (Å²) in [5.41, 5.74) is 2.95. The van der Waals surface area contributed by atoms with Crippen LogP contribution in [0.25, 0.3) is 0 Å². The highest BCUT2D eigenvalue weighted by atomic mass is 127. The predicted molar refractivity (Wildman–Crippen MR) is 140 cm³/mol. The van der Waals surface area contributed by atoms with Gasteiger partial charge < -0.3 is 4.74 Å². The minimum absolute atomic E-state index is 0.152. The zero-order chi connectivity index (χ0) is 23.7. The lowest BCUT2D eigenvalue weighted by molar-refractivity contribution is -0.00804. The highest BCUT2D eigenvalue weighted by molar-refractivity contribution is 14.2. The van der Waals surface area contributed by atoms with Crippen LogP contribution < -0.4 is 0 Å². The maximum Gasteiger partial charge on any atom is 0.411 e. The molecular formula is C25H32IN3O2S. The topological polar surface area (TPSA) is 55.3 Å². The molecule has 2 aromatic rings. The minimum Gasteiger partial charge on any atom is -0.444 e. The lowest BCUT2D eigenvalue weighted by Gasteiger charge is -2.42. The number of hydrogen-bond acceptors (Lipinski definition) is 5. The fourth-order valence-electron chi connectivity index (χ4n) is 3.75. The van der Waals surface area contributed by atoms with E-state index in [0.717, 1.165) is 36.2 Å². The number of aromatic nitrogens is 2. The molecule has 2 unspecified atom stereocenters. The average molecular weight is 566 g/mol. The van der Waals surface area contributed by atoms with Crippen LogP contribution in [-0.2, 0) is 4.74 Å². The molecular weight excluding hydrogens is 533 g/mol. The van der Waals surface area contributed by atoms with E-state index in [1.165, 1.54) is 8.93 Å². The maximum absolute atomic E-state index is 13.4. The number of piperidine rings is 1. The van der Waals surface area contributed by atoms with Gasteiger partial charge in [0, 0.05) is 27.4 Å². The van der Waals surface area contributed by atoms with Crippen LogP contribution >= 0.6 is 30.1 Å². The smallest absolute Gasteiger partial charge is 0.411 e. The molecule has 2 aromatic heterocycles. The first-order chi connectivity index (χ1) is 15.3. The lowest BCUT2D eigenvalue weighted by atomic mass is 9.90. The van der Waals surface area contributed by atoms with Crippen LogP contribution in [0.4, 0.5) is 4.79 Å². The van der Waals surface area contributed by atoms with Crippen molar-refractivity contribution in [2.45, 2.75) is 78.5 Å². The molecule has 5 nitrogen and oxygen atoms in total. The molecule has 1 aliphatic heterocycles. The SMILES string of the molecule is CC.Cc1cccnc1C1CCCC(c2cccc(C#CSI)n2)N1C(=O)OC(C)(C)C. The predicted octanol–water partition coefficient (Wildman–Crippen LogP) is 7.41. The summed E-state index contributed by atoms with van der Waals surface area (Å²) in [4.78, 5) is 24.6. The van der Waals surface area contributed by atoms with Gasteiger partial charge in [0.15, 0.2) is 0 Å². The Balaban J connectivity index is 0.00000176. The van der Waals surface area contributed by atoms with Gasteiger partial charge >= 0.3 is 6.09 Å². The number of ether oxygens (including phenoxy) is 1. The monoisotopic (exact) mass is 565 g/mol. The fraction of sp³-hybridized carbons (Fsp3) is 0.480. The zero-order valence-electron chi connectivity index (χ0n) is 19.7. The molecule has 7 heteroatoms. The van der Waals surface area contributed by atoms with E-state index in [4.69, 9.17) is 9.72 Å². The van der Waals surface area contributed by atoms with Crippen molar-refractivity contribution >= 4 is 36.2 Å². The number of aryl methyl sites for hydroxylation is 1. The second kappa shape index (κ2) is 12.4. The van der Waals surface area contributed by atoms with Crippen molar-refractivity contribution in [1.82, 2.24) is 14.9 Å². The summed E-state index contributed by atoms with van der Waals surface area (Å²) in [6.07, 6.45) is 4.11. The van der Waals surface area contributed by atoms with Gasteiger partial charge in [-0.15, -0.1) is 0 Å². The van der Waals surface area contributed by atoms with Crippen molar-refractivity contribution < 1.29 is 9.53 Å². The van der Waals surface area contributed by atoms with Crippen molar-refractivity contribution in [1.29, 1.82) is 0 Å². The van der Waals surface area contributed by atoms with E-state index in [1.807, 2.05) is 76.8 Å². The third-order valence-corrected chi connectivity index (χ3v) is 5.77. The van der Waals surface area contributed by atoms with Gasteiger partial charge in [-0.3, -0.25) is 9.88 Å². The quantitative estimate of drug-likeness (QED) is 0.281. The summed E-state index contributed by atoms with van der Waals surface area (Å²) in [5.74, 6) is 3.06. The van der Waals surface area contributed by atoms with Crippen molar-refractivity contribution in [3.8, 4) is 11.2 Å². The van der Waals surface area contributed by atoms with Gasteiger partial charge in [-0.1, -0.05) is 26.0 Å². The Morgan fingerprint density at radius 3 is 2.56 bits per heavy atom. The van der Waals surface area contributed by atoms with Crippen LogP contribution in [0.15, 0.2) is 36.5 Å². The highest BCUT2D eigenvalue weighted by Crippen LogP contribution is 2.42. The molecule has 1 amide bonds. The molecule has 3 rings (SSSR count). The summed E-state index contributed by atoms with van der Waals surface area (Å²) >= 11 is 2.14. The summed E-state index contributed by atoms with van der Waals surface area (Å²) in [7, 11) is 1.43. The Kier molecular flexibility index (Phi) is 10.3. The van der Waals surface area contributed by atoms with Crippen molar-refractivity contribution in [2.75, 3.05) is 0 Å². The standard InChI is InChI=1S/C23H26IN3O2S.C2H6/c1-16-8-7-14-25-21(16)20-12-6-11-19(27(20)22(28)29-23(2,3)4)18-10-5-9-17(26-18)13-15-30-24;1-2/h5,7-10,14,19-20H,6,11-12H2,1-4H3;1-2H3. The van der Waals surface area contributed by atoms with Crippen LogP contribution in [0.1, 0.15) is 88.6 Å². The second-order valence-electron chi connectivity index (χ2n) is 8.31. The van der Waals surface area contributed by atoms with Gasteiger partial charge in [0.2, 0.25) is 0 Å². The van der Waals surface area contributed by atoms with E-state index < -0.39 is 5.60 Å². The molecule has 0 saturated carbocycles. The number of pyridine rings is 2. The highest BCUT2D eigenvalue weighted by Gasteiger charge is 2.40. The molecule has 3 heterocycles. The third-order valence-electron chi connectivity index (χ3n) is 4.93. The molecule has 1 fully saturated rings. The Bertz CT molecular complexity index is 965. The van der Waals surface area contributed by atoms with Crippen LogP contribution in [0, 0.1) is 18.1 Å². The molecule has 0 aliphatic carbocycles. The van der Waals surface area contributed by atoms with Crippen molar-refractivity contribution in [2.24, 2.45) is 0 Å². The summed E-state index contributed by atoms with van der Waals surface area (Å²) < 4.78 is 5.81. The van der Waals surface area contributed by atoms with Gasteiger partial charge in [0.05, 0.1) is 23.5 Å². The molecule has 2 atom stereocenters. The molecule has 32 heavy (non-hydrogen) atoms. The normalized spacial score (nSPS) is 18.0. The zero-order valence-corrected chi connectivity index (χ0v) is 22.7. The lowest BCUT2D eigenvalue weighted by Crippen LogP contribution is -2.44. The molecule has 1 aliphatic rings. The fourth-order valence-corrected chi connectivity index (χ4v) is 4.23. The number of nitrogens with zero attached hydrogens (tertiary/aromatic N) is 3. The number of amides is 1. The first-order valence-corrected chi connectivity index (χ1v) is 14.3. The first-order valence-electron chi connectivity index (χ1n) is 11.0. The summed E-state index contributed by atoms with van der Waals surface area (Å²) in [5, 5.41) is 2.98. The Labute approximate surface area is 208 Å². The van der Waals surface area contributed by atoms with Crippen molar-refractivity contribution in [3.05, 3.63) is 59.2 Å². The van der Waals surface area contributed by atoms with Crippen LogP contribution in [-0.4, -0.2) is 26.6 Å². The van der Waals surface area contributed by atoms with E-state index in [0.29, 0.717) is 5.69 Å². The Hall–Kier alpha value is -1.79.